The maximum Gasteiger partial charge on any atom is 0.490 e. The van der Waals surface area contributed by atoms with E-state index in [-0.39, 0.29) is 5.69 Å². The van der Waals surface area contributed by atoms with Crippen LogP contribution in [0.3, 0.4) is 0 Å². The first kappa shape index (κ1) is 13.1. The minimum Gasteiger partial charge on any atom is -0.472 e. The molecular formula is C12H8F3NO3. The summed E-state index contributed by atoms with van der Waals surface area (Å²) >= 11 is 0. The summed E-state index contributed by atoms with van der Waals surface area (Å²) < 4.78 is 44.8. The molecule has 2 aromatic rings. The lowest BCUT2D eigenvalue weighted by molar-refractivity contribution is -0.201. The number of hydrogen-bond donors (Lipinski definition) is 0. The first-order valence-electron chi connectivity index (χ1n) is 5.19. The van der Waals surface area contributed by atoms with Gasteiger partial charge in [-0.05, 0) is 18.2 Å². The lowest BCUT2D eigenvalue weighted by atomic mass is 10.2. The SMILES string of the molecule is O=C(OCc1cccc(-c2ccoc2)n1)C(F)(F)F. The molecule has 0 spiro atoms. The maximum absolute atomic E-state index is 11.9. The Morgan fingerprint density at radius 2 is 2.11 bits per heavy atom. The van der Waals surface area contributed by atoms with E-state index in [1.165, 1.54) is 18.6 Å². The molecule has 0 atom stereocenters. The normalized spacial score (nSPS) is 11.3. The molecule has 7 heteroatoms. The fourth-order valence-corrected chi connectivity index (χ4v) is 1.35. The third-order valence-electron chi connectivity index (χ3n) is 2.21. The van der Waals surface area contributed by atoms with Crippen molar-refractivity contribution in [1.29, 1.82) is 0 Å². The van der Waals surface area contributed by atoms with Gasteiger partial charge in [0.2, 0.25) is 0 Å². The smallest absolute Gasteiger partial charge is 0.472 e. The monoisotopic (exact) mass is 271 g/mol. The van der Waals surface area contributed by atoms with Gasteiger partial charge in [0.15, 0.2) is 0 Å². The number of carbonyl (C=O) groups excluding carboxylic acids is 1. The molecule has 0 bridgehead atoms. The first-order chi connectivity index (χ1) is 8.97. The number of esters is 1. The van der Waals surface area contributed by atoms with Crippen LogP contribution in [0.4, 0.5) is 13.2 Å². The van der Waals surface area contributed by atoms with Crippen LogP contribution in [0, 0.1) is 0 Å². The average molecular weight is 271 g/mol. The van der Waals surface area contributed by atoms with Crippen molar-refractivity contribution in [1.82, 2.24) is 4.98 Å². The Hall–Kier alpha value is -2.31. The first-order valence-corrected chi connectivity index (χ1v) is 5.19. The molecule has 0 saturated heterocycles. The largest absolute Gasteiger partial charge is 0.490 e. The van der Waals surface area contributed by atoms with Crippen molar-refractivity contribution in [2.75, 3.05) is 0 Å². The highest BCUT2D eigenvalue weighted by atomic mass is 19.4. The van der Waals surface area contributed by atoms with Crippen molar-refractivity contribution >= 4 is 5.97 Å². The van der Waals surface area contributed by atoms with E-state index in [0.717, 1.165) is 0 Å². The summed E-state index contributed by atoms with van der Waals surface area (Å²) in [5, 5.41) is 0. The van der Waals surface area contributed by atoms with Gasteiger partial charge in [-0.15, -0.1) is 0 Å². The number of ether oxygens (including phenoxy) is 1. The van der Waals surface area contributed by atoms with E-state index >= 15 is 0 Å². The van der Waals surface area contributed by atoms with Crippen LogP contribution in [0.2, 0.25) is 0 Å². The van der Waals surface area contributed by atoms with Crippen molar-refractivity contribution in [3.8, 4) is 11.3 Å². The van der Waals surface area contributed by atoms with E-state index in [4.69, 9.17) is 4.42 Å². The van der Waals surface area contributed by atoms with Crippen LogP contribution in [0.5, 0.6) is 0 Å². The lowest BCUT2D eigenvalue weighted by Crippen LogP contribution is -2.25. The standard InChI is InChI=1S/C12H8F3NO3/c13-12(14,15)11(17)19-7-9-2-1-3-10(16-9)8-4-5-18-6-8/h1-6H,7H2. The number of rotatable bonds is 3. The topological polar surface area (TPSA) is 52.3 Å². The zero-order valence-electron chi connectivity index (χ0n) is 9.48. The van der Waals surface area contributed by atoms with Gasteiger partial charge < -0.3 is 9.15 Å². The highest BCUT2D eigenvalue weighted by molar-refractivity contribution is 5.75. The van der Waals surface area contributed by atoms with Crippen molar-refractivity contribution in [3.05, 3.63) is 42.5 Å². The molecule has 4 nitrogen and oxygen atoms in total. The molecule has 0 N–H and O–H groups in total. The Morgan fingerprint density at radius 3 is 2.74 bits per heavy atom. The molecule has 2 heterocycles. The molecule has 0 amide bonds. The Morgan fingerprint density at radius 1 is 1.32 bits per heavy atom. The van der Waals surface area contributed by atoms with Crippen LogP contribution in [0.15, 0.2) is 41.2 Å². The Balaban J connectivity index is 2.06. The molecule has 0 saturated carbocycles. The molecule has 0 radical (unpaired) electrons. The summed E-state index contributed by atoms with van der Waals surface area (Å²) in [4.78, 5) is 14.6. The molecule has 2 aromatic heterocycles. The predicted octanol–water partition coefficient (Wildman–Crippen LogP) is 2.95. The summed E-state index contributed by atoms with van der Waals surface area (Å²) in [6, 6.07) is 6.40. The van der Waals surface area contributed by atoms with Gasteiger partial charge in [-0.3, -0.25) is 0 Å². The highest BCUT2D eigenvalue weighted by Gasteiger charge is 2.40. The zero-order valence-corrected chi connectivity index (χ0v) is 9.48. The summed E-state index contributed by atoms with van der Waals surface area (Å²) in [5.41, 5.74) is 1.43. The number of hydrogen-bond acceptors (Lipinski definition) is 4. The molecule has 0 aromatic carbocycles. The van der Waals surface area contributed by atoms with Crippen molar-refractivity contribution in [2.45, 2.75) is 12.8 Å². The minimum absolute atomic E-state index is 0.219. The van der Waals surface area contributed by atoms with E-state index in [1.807, 2.05) is 0 Å². The second-order valence-corrected chi connectivity index (χ2v) is 3.60. The third kappa shape index (κ3) is 3.34. The number of alkyl halides is 3. The number of nitrogens with zero attached hydrogens (tertiary/aromatic N) is 1. The summed E-state index contributed by atoms with van der Waals surface area (Å²) in [7, 11) is 0. The van der Waals surface area contributed by atoms with Gasteiger partial charge in [0.1, 0.15) is 6.61 Å². The van der Waals surface area contributed by atoms with Crippen molar-refractivity contribution < 1.29 is 27.1 Å². The maximum atomic E-state index is 11.9. The lowest BCUT2D eigenvalue weighted by Gasteiger charge is -2.07. The molecule has 0 unspecified atom stereocenters. The van der Waals surface area contributed by atoms with Crippen LogP contribution in [0.1, 0.15) is 5.69 Å². The molecule has 100 valence electrons. The van der Waals surface area contributed by atoms with Gasteiger partial charge in [-0.25, -0.2) is 9.78 Å². The van der Waals surface area contributed by atoms with Crippen LogP contribution >= 0.6 is 0 Å². The van der Waals surface area contributed by atoms with Crippen LogP contribution < -0.4 is 0 Å². The van der Waals surface area contributed by atoms with E-state index in [0.29, 0.717) is 11.3 Å². The minimum atomic E-state index is -5.00. The summed E-state index contributed by atoms with van der Waals surface area (Å²) in [6.45, 7) is -0.538. The molecule has 19 heavy (non-hydrogen) atoms. The Bertz CT molecular complexity index is 564. The molecule has 0 fully saturated rings. The van der Waals surface area contributed by atoms with Crippen LogP contribution in [-0.4, -0.2) is 17.1 Å². The second kappa shape index (κ2) is 5.13. The Kier molecular flexibility index (Phi) is 3.55. The van der Waals surface area contributed by atoms with Gasteiger partial charge in [0, 0.05) is 5.56 Å². The number of halogens is 3. The van der Waals surface area contributed by atoms with Gasteiger partial charge in [0.25, 0.3) is 0 Å². The molecular weight excluding hydrogens is 263 g/mol. The summed E-state index contributed by atoms with van der Waals surface area (Å²) in [6.07, 6.45) is -2.09. The zero-order chi connectivity index (χ0) is 13.9. The van der Waals surface area contributed by atoms with Gasteiger partial charge in [-0.2, -0.15) is 13.2 Å². The molecule has 0 aliphatic carbocycles. The molecule has 0 aliphatic heterocycles. The highest BCUT2D eigenvalue weighted by Crippen LogP contribution is 2.19. The van der Waals surface area contributed by atoms with E-state index in [1.54, 1.807) is 18.2 Å². The molecule has 2 rings (SSSR count). The number of furan rings is 1. The number of pyridine rings is 1. The Labute approximate surface area is 105 Å². The van der Waals surface area contributed by atoms with Gasteiger partial charge in [-0.1, -0.05) is 6.07 Å². The fourth-order valence-electron chi connectivity index (χ4n) is 1.35. The number of aromatic nitrogens is 1. The van der Waals surface area contributed by atoms with E-state index in [9.17, 15) is 18.0 Å². The van der Waals surface area contributed by atoms with E-state index in [2.05, 4.69) is 9.72 Å². The second-order valence-electron chi connectivity index (χ2n) is 3.60. The van der Waals surface area contributed by atoms with Crippen molar-refractivity contribution in [2.24, 2.45) is 0 Å². The average Bonchev–Trinajstić information content (AvgIpc) is 2.89. The molecule has 0 aliphatic rings. The van der Waals surface area contributed by atoms with Gasteiger partial charge in [0.05, 0.1) is 23.9 Å². The van der Waals surface area contributed by atoms with E-state index < -0.39 is 18.8 Å². The van der Waals surface area contributed by atoms with Crippen LogP contribution in [0.25, 0.3) is 11.3 Å². The number of carbonyl (C=O) groups is 1. The summed E-state index contributed by atoms with van der Waals surface area (Å²) in [5.74, 6) is -2.23. The fraction of sp³-hybridized carbons (Fsp3) is 0.167. The van der Waals surface area contributed by atoms with Crippen molar-refractivity contribution in [3.63, 3.8) is 0 Å². The van der Waals surface area contributed by atoms with Crippen LogP contribution in [-0.2, 0) is 16.1 Å². The predicted molar refractivity (Wildman–Crippen MR) is 57.8 cm³/mol. The van der Waals surface area contributed by atoms with Gasteiger partial charge >= 0.3 is 12.1 Å². The third-order valence-corrected chi connectivity index (χ3v) is 2.21. The quantitative estimate of drug-likeness (QED) is 0.805.